The van der Waals surface area contributed by atoms with E-state index < -0.39 is 0 Å². The molecular weight excluding hydrogens is 370 g/mol. The topological polar surface area (TPSA) is 61.4 Å². The molecule has 1 aromatic carbocycles. The maximum Gasteiger partial charge on any atom is 0.227 e. The van der Waals surface area contributed by atoms with Gasteiger partial charge in [0.25, 0.3) is 0 Å². The molecule has 2 heterocycles. The van der Waals surface area contributed by atoms with Crippen LogP contribution in [-0.2, 0) is 9.59 Å². The predicted molar refractivity (Wildman–Crippen MR) is 91.3 cm³/mol. The van der Waals surface area contributed by atoms with Gasteiger partial charge in [-0.25, -0.2) is 0 Å². The molecule has 2 unspecified atom stereocenters. The number of amides is 2. The number of halogens is 2. The van der Waals surface area contributed by atoms with Crippen molar-refractivity contribution >= 4 is 45.8 Å². The Kier molecular flexibility index (Phi) is 5.83. The number of anilines is 1. The molecule has 22 heavy (non-hydrogen) atoms. The minimum Gasteiger partial charge on any atom is -0.352 e. The second-order valence-corrected chi connectivity index (χ2v) is 6.50. The Morgan fingerprint density at radius 1 is 1.41 bits per heavy atom. The molecule has 3 rings (SSSR count). The average molecular weight is 389 g/mol. The third-order valence-electron chi connectivity index (χ3n) is 4.02. The molecule has 0 aliphatic carbocycles. The highest BCUT2D eigenvalue weighted by Crippen LogP contribution is 2.27. The minimum absolute atomic E-state index is 0. The van der Waals surface area contributed by atoms with E-state index in [4.69, 9.17) is 0 Å². The minimum atomic E-state index is -0.253. The first-order valence-electron chi connectivity index (χ1n) is 7.20. The molecule has 2 saturated heterocycles. The van der Waals surface area contributed by atoms with Crippen LogP contribution in [-0.4, -0.2) is 37.5 Å². The van der Waals surface area contributed by atoms with Crippen LogP contribution in [0.25, 0.3) is 0 Å². The summed E-state index contributed by atoms with van der Waals surface area (Å²) < 4.78 is 0.928. The van der Waals surface area contributed by atoms with E-state index in [0.717, 1.165) is 29.7 Å². The zero-order chi connectivity index (χ0) is 14.8. The molecule has 2 aliphatic heterocycles. The fraction of sp³-hybridized carbons (Fsp3) is 0.467. The third kappa shape index (κ3) is 3.80. The van der Waals surface area contributed by atoms with Crippen molar-refractivity contribution in [2.24, 2.45) is 5.92 Å². The van der Waals surface area contributed by atoms with Crippen LogP contribution in [0, 0.1) is 5.92 Å². The van der Waals surface area contributed by atoms with Crippen LogP contribution >= 0.6 is 28.3 Å². The van der Waals surface area contributed by atoms with Crippen molar-refractivity contribution in [2.75, 3.05) is 24.5 Å². The quantitative estimate of drug-likeness (QED) is 0.828. The number of benzene rings is 1. The lowest BCUT2D eigenvalue weighted by molar-refractivity contribution is -0.126. The summed E-state index contributed by atoms with van der Waals surface area (Å²) in [5, 5.41) is 6.26. The largest absolute Gasteiger partial charge is 0.352 e. The van der Waals surface area contributed by atoms with E-state index in [1.54, 1.807) is 4.90 Å². The van der Waals surface area contributed by atoms with Crippen molar-refractivity contribution in [2.45, 2.75) is 18.9 Å². The summed E-state index contributed by atoms with van der Waals surface area (Å²) in [6.45, 7) is 2.22. The van der Waals surface area contributed by atoms with Crippen molar-refractivity contribution < 1.29 is 9.59 Å². The van der Waals surface area contributed by atoms with Crippen LogP contribution < -0.4 is 15.5 Å². The summed E-state index contributed by atoms with van der Waals surface area (Å²) in [5.41, 5.74) is 0.840. The van der Waals surface area contributed by atoms with Gasteiger partial charge in [0.2, 0.25) is 11.8 Å². The summed E-state index contributed by atoms with van der Waals surface area (Å²) in [5.74, 6) is -0.246. The summed E-state index contributed by atoms with van der Waals surface area (Å²) in [6, 6.07) is 7.81. The molecule has 0 spiro atoms. The Labute approximate surface area is 144 Å². The summed E-state index contributed by atoms with van der Waals surface area (Å²) in [7, 11) is 0. The molecule has 2 aliphatic rings. The highest BCUT2D eigenvalue weighted by atomic mass is 79.9. The van der Waals surface area contributed by atoms with Gasteiger partial charge in [0, 0.05) is 35.7 Å². The Morgan fingerprint density at radius 2 is 2.23 bits per heavy atom. The molecule has 0 radical (unpaired) electrons. The Bertz CT molecular complexity index is 563. The van der Waals surface area contributed by atoms with Gasteiger partial charge in [-0.2, -0.15) is 0 Å². The number of hydrogen-bond donors (Lipinski definition) is 2. The van der Waals surface area contributed by atoms with Gasteiger partial charge in [-0.05, 0) is 31.2 Å². The lowest BCUT2D eigenvalue weighted by atomic mass is 10.1. The number of carbonyl (C=O) groups excluding carboxylic acids is 2. The first-order chi connectivity index (χ1) is 10.1. The molecule has 7 heteroatoms. The zero-order valence-electron chi connectivity index (χ0n) is 12.0. The highest BCUT2D eigenvalue weighted by molar-refractivity contribution is 9.10. The molecule has 2 N–H and O–H groups in total. The molecule has 0 aromatic heterocycles. The lowest BCUT2D eigenvalue weighted by Gasteiger charge is -2.18. The molecule has 2 amide bonds. The van der Waals surface area contributed by atoms with Crippen molar-refractivity contribution in [3.05, 3.63) is 28.7 Å². The van der Waals surface area contributed by atoms with Gasteiger partial charge in [0.15, 0.2) is 0 Å². The lowest BCUT2D eigenvalue weighted by Crippen LogP contribution is -2.40. The van der Waals surface area contributed by atoms with Gasteiger partial charge in [-0.1, -0.05) is 22.0 Å². The molecule has 2 fully saturated rings. The van der Waals surface area contributed by atoms with E-state index in [-0.39, 0.29) is 36.2 Å². The smallest absolute Gasteiger partial charge is 0.227 e. The van der Waals surface area contributed by atoms with Gasteiger partial charge < -0.3 is 15.5 Å². The summed E-state index contributed by atoms with van der Waals surface area (Å²) in [6.07, 6.45) is 1.25. The van der Waals surface area contributed by atoms with Crippen LogP contribution in [0.5, 0.6) is 0 Å². The number of rotatable bonds is 3. The van der Waals surface area contributed by atoms with Crippen LogP contribution in [0.2, 0.25) is 0 Å². The standard InChI is InChI=1S/C15H18BrN3O2.ClH/c16-11-2-1-3-13(7-11)19-9-10(6-14(19)20)15(21)18-12-4-5-17-8-12;/h1-3,7,10,12,17H,4-6,8-9H2,(H,18,21);1H. The fourth-order valence-corrected chi connectivity index (χ4v) is 3.26. The number of nitrogens with zero attached hydrogens (tertiary/aromatic N) is 1. The summed E-state index contributed by atoms with van der Waals surface area (Å²) >= 11 is 3.41. The fourth-order valence-electron chi connectivity index (χ4n) is 2.87. The van der Waals surface area contributed by atoms with Crippen molar-refractivity contribution in [3.63, 3.8) is 0 Å². The van der Waals surface area contributed by atoms with Gasteiger partial charge in [-0.15, -0.1) is 12.4 Å². The average Bonchev–Trinajstić information content (AvgIpc) is 3.08. The third-order valence-corrected chi connectivity index (χ3v) is 4.52. The van der Waals surface area contributed by atoms with Crippen LogP contribution in [0.1, 0.15) is 12.8 Å². The van der Waals surface area contributed by atoms with Crippen molar-refractivity contribution in [1.82, 2.24) is 10.6 Å². The molecule has 120 valence electrons. The number of carbonyl (C=O) groups is 2. The predicted octanol–water partition coefficient (Wildman–Crippen LogP) is 1.70. The molecule has 1 aromatic rings. The molecule has 0 saturated carbocycles. The first-order valence-corrected chi connectivity index (χ1v) is 8.00. The second-order valence-electron chi connectivity index (χ2n) is 5.58. The van der Waals surface area contributed by atoms with Crippen molar-refractivity contribution in [3.8, 4) is 0 Å². The van der Waals surface area contributed by atoms with E-state index in [1.807, 2.05) is 24.3 Å². The van der Waals surface area contributed by atoms with E-state index in [2.05, 4.69) is 26.6 Å². The maximum absolute atomic E-state index is 12.3. The number of nitrogens with one attached hydrogen (secondary N) is 2. The highest BCUT2D eigenvalue weighted by Gasteiger charge is 2.36. The maximum atomic E-state index is 12.3. The zero-order valence-corrected chi connectivity index (χ0v) is 14.5. The van der Waals surface area contributed by atoms with Gasteiger partial charge in [0.05, 0.1) is 5.92 Å². The number of hydrogen-bond acceptors (Lipinski definition) is 3. The Balaban J connectivity index is 0.00000176. The van der Waals surface area contributed by atoms with E-state index in [0.29, 0.717) is 13.0 Å². The Morgan fingerprint density at radius 3 is 2.91 bits per heavy atom. The van der Waals surface area contributed by atoms with Crippen LogP contribution in [0.4, 0.5) is 5.69 Å². The normalized spacial score (nSPS) is 24.2. The van der Waals surface area contributed by atoms with Gasteiger partial charge >= 0.3 is 0 Å². The van der Waals surface area contributed by atoms with Crippen molar-refractivity contribution in [1.29, 1.82) is 0 Å². The van der Waals surface area contributed by atoms with Crippen LogP contribution in [0.15, 0.2) is 28.7 Å². The second kappa shape index (κ2) is 7.44. The van der Waals surface area contributed by atoms with Gasteiger partial charge in [0.1, 0.15) is 0 Å². The molecule has 0 bridgehead atoms. The SMILES string of the molecule is Cl.O=C(NC1CCNC1)C1CC(=O)N(c2cccc(Br)c2)C1. The Hall–Kier alpha value is -1.11. The summed E-state index contributed by atoms with van der Waals surface area (Å²) in [4.78, 5) is 26.1. The molecule has 2 atom stereocenters. The monoisotopic (exact) mass is 387 g/mol. The van der Waals surface area contributed by atoms with Gasteiger partial charge in [-0.3, -0.25) is 9.59 Å². The molecular formula is C15H19BrClN3O2. The van der Waals surface area contributed by atoms with E-state index >= 15 is 0 Å². The van der Waals surface area contributed by atoms with E-state index in [9.17, 15) is 9.59 Å². The van der Waals surface area contributed by atoms with Crippen LogP contribution in [0.3, 0.4) is 0 Å². The van der Waals surface area contributed by atoms with E-state index in [1.165, 1.54) is 0 Å². The first kappa shape index (κ1) is 17.2. The molecule has 5 nitrogen and oxygen atoms in total.